The van der Waals surface area contributed by atoms with Crippen LogP contribution in [0.5, 0.6) is 0 Å². The van der Waals surface area contributed by atoms with E-state index in [1.165, 1.54) is 5.56 Å². The van der Waals surface area contributed by atoms with E-state index in [0.29, 0.717) is 0 Å². The molecule has 1 aromatic carbocycles. The third-order valence-corrected chi connectivity index (χ3v) is 0.940. The molecule has 0 spiro atoms. The summed E-state index contributed by atoms with van der Waals surface area (Å²) in [5.41, 5.74) is 1.32. The van der Waals surface area contributed by atoms with Gasteiger partial charge in [-0.15, -0.1) is 0 Å². The fourth-order valence-corrected chi connectivity index (χ4v) is 0.534. The Morgan fingerprint density at radius 3 is 1.25 bits per heavy atom. The van der Waals surface area contributed by atoms with E-state index in [4.69, 9.17) is 0 Å². The molecule has 12 heavy (non-hydrogen) atoms. The molecule has 0 aliphatic carbocycles. The molecule has 0 saturated heterocycles. The molecule has 0 bridgehead atoms. The molecular weight excluding hydrogens is 186 g/mol. The third-order valence-electron chi connectivity index (χ3n) is 0.940. The molecule has 0 N–H and O–H groups in total. The average Bonchev–Trinajstić information content (AvgIpc) is 1.69. The van der Waals surface area contributed by atoms with E-state index < -0.39 is 0 Å². The van der Waals surface area contributed by atoms with Crippen LogP contribution in [0.25, 0.3) is 0 Å². The van der Waals surface area contributed by atoms with E-state index in [1.54, 1.807) is 0 Å². The van der Waals surface area contributed by atoms with Gasteiger partial charge in [-0.3, -0.25) is 0 Å². The van der Waals surface area contributed by atoms with Crippen LogP contribution in [0, 0.1) is 6.92 Å². The fraction of sp³-hybridized carbons (Fsp3) is 0.143. The van der Waals surface area contributed by atoms with E-state index in [-0.39, 0.29) is 51.2 Å². The number of hydrogen-bond acceptors (Lipinski definition) is 0. The summed E-state index contributed by atoms with van der Waals surface area (Å²) in [5.74, 6) is 0. The Hall–Kier alpha value is 0.165. The molecule has 0 aliphatic heterocycles. The molecule has 0 unspecified atom stereocenters. The summed E-state index contributed by atoms with van der Waals surface area (Å²) in [6.07, 6.45) is 0. The SMILES string of the molecule is Cc1ccccc1.[Al+3].[Al+3].[O-2].[O-2].[O-2]. The second-order valence-electron chi connectivity index (χ2n) is 1.65. The van der Waals surface area contributed by atoms with Crippen LogP contribution in [0.15, 0.2) is 30.3 Å². The second kappa shape index (κ2) is 17.3. The summed E-state index contributed by atoms with van der Waals surface area (Å²) < 4.78 is 0. The van der Waals surface area contributed by atoms with Gasteiger partial charge < -0.3 is 16.4 Å². The molecule has 0 heterocycles. The molecule has 1 rings (SSSR count). The molecule has 0 amide bonds. The van der Waals surface area contributed by atoms with Gasteiger partial charge >= 0.3 is 34.7 Å². The van der Waals surface area contributed by atoms with Gasteiger partial charge in [0.05, 0.1) is 0 Å². The van der Waals surface area contributed by atoms with Crippen LogP contribution < -0.4 is 0 Å². The molecule has 0 saturated carbocycles. The van der Waals surface area contributed by atoms with E-state index in [0.717, 1.165) is 0 Å². The molecule has 1 aromatic rings. The smallest absolute Gasteiger partial charge is 2.00 e. The van der Waals surface area contributed by atoms with Crippen LogP contribution in [0.4, 0.5) is 0 Å². The Balaban J connectivity index is -0.0000000327. The molecule has 0 radical (unpaired) electrons. The first kappa shape index (κ1) is 29.5. The molecule has 0 aliphatic rings. The molecule has 5 heteroatoms. The Kier molecular flexibility index (Phi) is 42.6. The summed E-state index contributed by atoms with van der Waals surface area (Å²) in [5, 5.41) is 0. The third kappa shape index (κ3) is 12.8. The summed E-state index contributed by atoms with van der Waals surface area (Å²) in [4.78, 5) is 0. The molecule has 0 fully saturated rings. The minimum atomic E-state index is 0. The van der Waals surface area contributed by atoms with Crippen LogP contribution in [-0.2, 0) is 16.4 Å². The van der Waals surface area contributed by atoms with Gasteiger partial charge in [0.15, 0.2) is 0 Å². The Bertz CT molecular complexity index is 147. The zero-order valence-electron chi connectivity index (χ0n) is 6.77. The van der Waals surface area contributed by atoms with Crippen LogP contribution in [-0.4, -0.2) is 34.7 Å². The number of aryl methyl sites for hydroxylation is 1. The van der Waals surface area contributed by atoms with Gasteiger partial charge in [-0.2, -0.15) is 0 Å². The van der Waals surface area contributed by atoms with Crippen molar-refractivity contribution in [2.75, 3.05) is 0 Å². The van der Waals surface area contributed by atoms with E-state index in [1.807, 2.05) is 18.2 Å². The zero-order valence-corrected chi connectivity index (χ0v) is 9.08. The number of benzene rings is 1. The summed E-state index contributed by atoms with van der Waals surface area (Å²) in [6.45, 7) is 2.08. The van der Waals surface area contributed by atoms with Crippen molar-refractivity contribution in [1.82, 2.24) is 0 Å². The van der Waals surface area contributed by atoms with Crippen molar-refractivity contribution in [1.29, 1.82) is 0 Å². The van der Waals surface area contributed by atoms with Gasteiger partial charge in [0.25, 0.3) is 0 Å². The minimum absolute atomic E-state index is 0. The van der Waals surface area contributed by atoms with Crippen molar-refractivity contribution < 1.29 is 16.4 Å². The van der Waals surface area contributed by atoms with Crippen molar-refractivity contribution in [3.05, 3.63) is 35.9 Å². The molecule has 60 valence electrons. The van der Waals surface area contributed by atoms with Gasteiger partial charge in [0.1, 0.15) is 0 Å². The first-order chi connectivity index (χ1) is 3.39. The van der Waals surface area contributed by atoms with E-state index in [9.17, 15) is 0 Å². The maximum Gasteiger partial charge on any atom is 3.00 e. The van der Waals surface area contributed by atoms with Gasteiger partial charge in [-0.05, 0) is 6.92 Å². The first-order valence-electron chi connectivity index (χ1n) is 2.41. The predicted octanol–water partition coefficient (Wildman–Crippen LogP) is 0.877. The Labute approximate surface area is 94.0 Å². The van der Waals surface area contributed by atoms with Crippen molar-refractivity contribution in [3.63, 3.8) is 0 Å². The van der Waals surface area contributed by atoms with Crippen molar-refractivity contribution >= 4 is 34.7 Å². The molecule has 0 atom stereocenters. The van der Waals surface area contributed by atoms with Gasteiger partial charge in [0.2, 0.25) is 0 Å². The van der Waals surface area contributed by atoms with Crippen LogP contribution in [0.2, 0.25) is 0 Å². The topological polar surface area (TPSA) is 85.5 Å². The monoisotopic (exact) mass is 194 g/mol. The van der Waals surface area contributed by atoms with Crippen LogP contribution >= 0.6 is 0 Å². The summed E-state index contributed by atoms with van der Waals surface area (Å²) in [6, 6.07) is 10.3. The minimum Gasteiger partial charge on any atom is -2.00 e. The predicted molar refractivity (Wildman–Crippen MR) is 44.7 cm³/mol. The van der Waals surface area contributed by atoms with Crippen molar-refractivity contribution in [2.24, 2.45) is 0 Å². The second-order valence-corrected chi connectivity index (χ2v) is 1.65. The summed E-state index contributed by atoms with van der Waals surface area (Å²) in [7, 11) is 0. The molecular formula is C7H8Al2O3. The number of hydrogen-bond donors (Lipinski definition) is 0. The zero-order chi connectivity index (χ0) is 5.11. The first-order valence-corrected chi connectivity index (χ1v) is 2.41. The fourth-order valence-electron chi connectivity index (χ4n) is 0.534. The quantitative estimate of drug-likeness (QED) is 0.549. The maximum atomic E-state index is 2.08. The van der Waals surface area contributed by atoms with Gasteiger partial charge in [-0.1, -0.05) is 35.9 Å². The molecule has 0 aromatic heterocycles. The van der Waals surface area contributed by atoms with E-state index >= 15 is 0 Å². The van der Waals surface area contributed by atoms with E-state index in [2.05, 4.69) is 19.1 Å². The Morgan fingerprint density at radius 1 is 0.750 bits per heavy atom. The average molecular weight is 194 g/mol. The standard InChI is InChI=1S/C7H8.2Al.3O/c1-7-5-3-2-4-6-7;;;;;/h2-6H,1H3;;;;;/q;2*+3;3*-2. The van der Waals surface area contributed by atoms with Crippen LogP contribution in [0.3, 0.4) is 0 Å². The van der Waals surface area contributed by atoms with Gasteiger partial charge in [0, 0.05) is 0 Å². The number of rotatable bonds is 0. The summed E-state index contributed by atoms with van der Waals surface area (Å²) >= 11 is 0. The maximum absolute atomic E-state index is 2.08. The normalized spacial score (nSPS) is 5.08. The van der Waals surface area contributed by atoms with Crippen molar-refractivity contribution in [2.45, 2.75) is 6.92 Å². The largest absolute Gasteiger partial charge is 3.00 e. The van der Waals surface area contributed by atoms with Crippen molar-refractivity contribution in [3.8, 4) is 0 Å². The Morgan fingerprint density at radius 2 is 1.08 bits per heavy atom. The van der Waals surface area contributed by atoms with Gasteiger partial charge in [-0.25, -0.2) is 0 Å². The molecule has 3 nitrogen and oxygen atoms in total. The van der Waals surface area contributed by atoms with Crippen LogP contribution in [0.1, 0.15) is 5.56 Å².